The highest BCUT2D eigenvalue weighted by Crippen LogP contribution is 2.28. The molecule has 0 aliphatic heterocycles. The maximum absolute atomic E-state index is 13.7. The Bertz CT molecular complexity index is 1870. The number of alkyl halides is 3. The summed E-state index contributed by atoms with van der Waals surface area (Å²) < 4.78 is 40.0. The Balaban J connectivity index is 1.47. The van der Waals surface area contributed by atoms with Crippen molar-refractivity contribution >= 4 is 52.3 Å². The first-order chi connectivity index (χ1) is 20.9. The van der Waals surface area contributed by atoms with E-state index in [-0.39, 0.29) is 51.6 Å². The van der Waals surface area contributed by atoms with E-state index in [0.717, 1.165) is 4.68 Å². The van der Waals surface area contributed by atoms with Gasteiger partial charge in [0.05, 0.1) is 22.0 Å². The molecule has 0 unspecified atom stereocenters. The van der Waals surface area contributed by atoms with Gasteiger partial charge in [-0.2, -0.15) is 23.1 Å². The lowest BCUT2D eigenvalue weighted by atomic mass is 10.1. The highest BCUT2D eigenvalue weighted by atomic mass is 35.5. The van der Waals surface area contributed by atoms with Gasteiger partial charge in [-0.15, -0.1) is 10.2 Å². The Hall–Kier alpha value is -4.53. The molecule has 2 amide bonds. The summed E-state index contributed by atoms with van der Waals surface area (Å²) in [6, 6.07) is 14.4. The van der Waals surface area contributed by atoms with E-state index in [0.29, 0.717) is 20.9 Å². The van der Waals surface area contributed by atoms with Gasteiger partial charge < -0.3 is 10.6 Å². The van der Waals surface area contributed by atoms with Gasteiger partial charge in [0, 0.05) is 22.8 Å². The van der Waals surface area contributed by atoms with Crippen LogP contribution in [0.5, 0.6) is 0 Å². The first kappa shape index (κ1) is 30.9. The average Bonchev–Trinajstić information content (AvgIpc) is 3.62. The molecule has 44 heavy (non-hydrogen) atoms. The quantitative estimate of drug-likeness (QED) is 0.215. The smallest absolute Gasteiger partial charge is 0.348 e. The number of tetrazole rings is 1. The van der Waals surface area contributed by atoms with Gasteiger partial charge in [-0.25, -0.2) is 9.67 Å². The number of aromatic nitrogens is 7. The SMILES string of the molecule is Cc1cc(Cl)cc(C(=O)NCc2ccccc2Cl)c1NC(=O)c1cc(Cn2nnc(C(F)(F)F)n2)nn1-c1ncccc1Cl. The zero-order valence-electron chi connectivity index (χ0n) is 22.4. The van der Waals surface area contributed by atoms with Crippen LogP contribution in [0.15, 0.2) is 60.8 Å². The summed E-state index contributed by atoms with van der Waals surface area (Å²) in [5.41, 5.74) is 1.37. The van der Waals surface area contributed by atoms with Gasteiger partial charge in [-0.05, 0) is 59.7 Å². The summed E-state index contributed by atoms with van der Waals surface area (Å²) in [4.78, 5) is 31.9. The number of anilines is 1. The molecule has 226 valence electrons. The van der Waals surface area contributed by atoms with Crippen molar-refractivity contribution in [1.29, 1.82) is 0 Å². The first-order valence-corrected chi connectivity index (χ1v) is 13.7. The highest BCUT2D eigenvalue weighted by Gasteiger charge is 2.37. The summed E-state index contributed by atoms with van der Waals surface area (Å²) in [6.45, 7) is 1.40. The Morgan fingerprint density at radius 3 is 2.41 bits per heavy atom. The van der Waals surface area contributed by atoms with Gasteiger partial charge in [0.2, 0.25) is 0 Å². The molecule has 2 aromatic carbocycles. The Morgan fingerprint density at radius 1 is 0.955 bits per heavy atom. The fourth-order valence-corrected chi connectivity index (χ4v) is 4.79. The molecule has 0 fully saturated rings. The van der Waals surface area contributed by atoms with Crippen LogP contribution in [-0.2, 0) is 19.3 Å². The molecule has 0 aliphatic carbocycles. The second-order valence-electron chi connectivity index (χ2n) is 9.26. The lowest BCUT2D eigenvalue weighted by Gasteiger charge is -2.16. The number of nitrogens with one attached hydrogen (secondary N) is 2. The van der Waals surface area contributed by atoms with Crippen LogP contribution in [0.1, 0.15) is 43.5 Å². The number of rotatable bonds is 8. The van der Waals surface area contributed by atoms with Gasteiger partial charge in [0.15, 0.2) is 5.82 Å². The van der Waals surface area contributed by atoms with Crippen LogP contribution in [0.3, 0.4) is 0 Å². The van der Waals surface area contributed by atoms with E-state index in [4.69, 9.17) is 34.8 Å². The van der Waals surface area contributed by atoms with Crippen molar-refractivity contribution < 1.29 is 22.8 Å². The van der Waals surface area contributed by atoms with Crippen molar-refractivity contribution in [1.82, 2.24) is 40.3 Å². The third kappa shape index (κ3) is 6.82. The standard InChI is InChI=1S/C27H19Cl3F3N9O2/c1-14-9-16(28)10-18(24(43)35-12-15-5-2-3-6-19(15)29)22(14)36-25(44)21-11-17(13-41-39-26(37-40-41)27(31,32)33)38-42(21)23-20(30)7-4-8-34-23/h2-11H,12-13H2,1H3,(H,35,43)(H,36,44). The number of halogens is 6. The summed E-state index contributed by atoms with van der Waals surface area (Å²) in [5.74, 6) is -2.64. The van der Waals surface area contributed by atoms with E-state index in [1.807, 2.05) is 0 Å². The number of hydrogen-bond acceptors (Lipinski definition) is 7. The van der Waals surface area contributed by atoms with Crippen LogP contribution in [0, 0.1) is 6.92 Å². The van der Waals surface area contributed by atoms with Crippen LogP contribution >= 0.6 is 34.8 Å². The van der Waals surface area contributed by atoms with Gasteiger partial charge in [0.25, 0.3) is 17.6 Å². The molecule has 0 saturated heterocycles. The molecule has 11 nitrogen and oxygen atoms in total. The minimum Gasteiger partial charge on any atom is -0.348 e. The van der Waals surface area contributed by atoms with Crippen LogP contribution < -0.4 is 10.6 Å². The summed E-state index contributed by atoms with van der Waals surface area (Å²) >= 11 is 18.8. The second kappa shape index (κ2) is 12.6. The van der Waals surface area contributed by atoms with Crippen LogP contribution in [-0.4, -0.2) is 46.8 Å². The van der Waals surface area contributed by atoms with Crippen molar-refractivity contribution in [2.75, 3.05) is 5.32 Å². The zero-order valence-corrected chi connectivity index (χ0v) is 24.7. The maximum atomic E-state index is 13.7. The second-order valence-corrected chi connectivity index (χ2v) is 10.5. The van der Waals surface area contributed by atoms with E-state index in [9.17, 15) is 22.8 Å². The first-order valence-electron chi connectivity index (χ1n) is 12.6. The average molecular weight is 665 g/mol. The number of nitrogens with zero attached hydrogens (tertiary/aromatic N) is 7. The molecule has 3 aromatic heterocycles. The zero-order chi connectivity index (χ0) is 31.6. The molecule has 5 aromatic rings. The van der Waals surface area contributed by atoms with Crippen molar-refractivity contribution in [2.24, 2.45) is 0 Å². The minimum atomic E-state index is -4.79. The molecule has 3 heterocycles. The summed E-state index contributed by atoms with van der Waals surface area (Å²) in [6.07, 6.45) is -3.37. The lowest BCUT2D eigenvalue weighted by Crippen LogP contribution is -2.26. The predicted molar refractivity (Wildman–Crippen MR) is 155 cm³/mol. The topological polar surface area (TPSA) is 133 Å². The number of hydrogen-bond donors (Lipinski definition) is 2. The molecule has 0 bridgehead atoms. The van der Waals surface area contributed by atoms with Crippen molar-refractivity contribution in [3.63, 3.8) is 0 Å². The van der Waals surface area contributed by atoms with Gasteiger partial charge >= 0.3 is 6.18 Å². The van der Waals surface area contributed by atoms with Crippen molar-refractivity contribution in [3.05, 3.63) is 110 Å². The van der Waals surface area contributed by atoms with Gasteiger partial charge in [-0.1, -0.05) is 53.0 Å². The number of amides is 2. The van der Waals surface area contributed by atoms with E-state index in [1.54, 1.807) is 43.3 Å². The number of carbonyl (C=O) groups is 2. The molecule has 0 radical (unpaired) electrons. The molecule has 0 saturated carbocycles. The number of carbonyl (C=O) groups excluding carboxylic acids is 2. The minimum absolute atomic E-state index is 0.0682. The Labute approximate surface area is 261 Å². The van der Waals surface area contributed by atoms with E-state index < -0.39 is 23.8 Å². The number of aryl methyl sites for hydroxylation is 1. The monoisotopic (exact) mass is 663 g/mol. The van der Waals surface area contributed by atoms with Crippen LogP contribution in [0.25, 0.3) is 5.82 Å². The van der Waals surface area contributed by atoms with Crippen molar-refractivity contribution in [2.45, 2.75) is 26.2 Å². The number of pyridine rings is 1. The molecule has 0 spiro atoms. The molecule has 0 aliphatic rings. The summed E-state index contributed by atoms with van der Waals surface area (Å²) in [5, 5.41) is 20.4. The van der Waals surface area contributed by atoms with Gasteiger partial charge in [0.1, 0.15) is 12.2 Å². The normalized spacial score (nSPS) is 11.4. The third-order valence-electron chi connectivity index (χ3n) is 6.12. The molecular weight excluding hydrogens is 646 g/mol. The molecule has 2 N–H and O–H groups in total. The summed E-state index contributed by atoms with van der Waals surface area (Å²) in [7, 11) is 0. The lowest BCUT2D eigenvalue weighted by molar-refractivity contribution is -0.145. The number of benzene rings is 2. The Morgan fingerprint density at radius 2 is 1.70 bits per heavy atom. The predicted octanol–water partition coefficient (Wildman–Crippen LogP) is 5.77. The van der Waals surface area contributed by atoms with E-state index in [2.05, 4.69) is 36.1 Å². The third-order valence-corrected chi connectivity index (χ3v) is 7.00. The highest BCUT2D eigenvalue weighted by molar-refractivity contribution is 6.32. The van der Waals surface area contributed by atoms with E-state index in [1.165, 1.54) is 24.4 Å². The largest absolute Gasteiger partial charge is 0.455 e. The van der Waals surface area contributed by atoms with Crippen molar-refractivity contribution in [3.8, 4) is 5.82 Å². The molecule has 5 rings (SSSR count). The Kier molecular flexibility index (Phi) is 8.85. The van der Waals surface area contributed by atoms with Crippen LogP contribution in [0.2, 0.25) is 15.1 Å². The molecule has 17 heteroatoms. The fraction of sp³-hybridized carbons (Fsp3) is 0.148. The molecule has 0 atom stereocenters. The van der Waals surface area contributed by atoms with Gasteiger partial charge in [-0.3, -0.25) is 9.59 Å². The maximum Gasteiger partial charge on any atom is 0.455 e. The fourth-order valence-electron chi connectivity index (χ4n) is 4.11. The molecular formula is C27H19Cl3F3N9O2. The van der Waals surface area contributed by atoms with Crippen LogP contribution in [0.4, 0.5) is 18.9 Å². The van der Waals surface area contributed by atoms with E-state index >= 15 is 0 Å².